The van der Waals surface area contributed by atoms with Crippen molar-refractivity contribution in [3.8, 4) is 0 Å². The summed E-state index contributed by atoms with van der Waals surface area (Å²) in [5.74, 6) is -0.413. The minimum atomic E-state index is -0.325. The third kappa shape index (κ3) is 5.08. The lowest BCUT2D eigenvalue weighted by molar-refractivity contribution is -0.113. The quantitative estimate of drug-likeness (QED) is 0.617. The van der Waals surface area contributed by atoms with Crippen molar-refractivity contribution in [2.45, 2.75) is 5.16 Å². The topological polar surface area (TPSA) is 88.9 Å². The maximum atomic E-state index is 12.6. The number of rotatable bonds is 6. The predicted molar refractivity (Wildman–Crippen MR) is 106 cm³/mol. The van der Waals surface area contributed by atoms with E-state index in [-0.39, 0.29) is 17.6 Å². The molecule has 0 spiro atoms. The first kappa shape index (κ1) is 18.9. The number of hydrogen-bond acceptors (Lipinski definition) is 5. The molecule has 1 aromatic heterocycles. The first-order valence-electron chi connectivity index (χ1n) is 7.95. The summed E-state index contributed by atoms with van der Waals surface area (Å²) in [6, 6.07) is 13.6. The molecule has 3 aromatic rings. The van der Waals surface area contributed by atoms with Gasteiger partial charge in [0.25, 0.3) is 5.91 Å². The van der Waals surface area contributed by atoms with Crippen molar-refractivity contribution in [3.05, 3.63) is 65.4 Å². The zero-order valence-electron chi connectivity index (χ0n) is 14.3. The number of aromatic nitrogens is 3. The van der Waals surface area contributed by atoms with Crippen LogP contribution < -0.4 is 10.6 Å². The average Bonchev–Trinajstić information content (AvgIpc) is 3.07. The summed E-state index contributed by atoms with van der Waals surface area (Å²) in [6.07, 6.45) is 1.57. The van der Waals surface area contributed by atoms with Gasteiger partial charge in [-0.2, -0.15) is 0 Å². The van der Waals surface area contributed by atoms with Crippen molar-refractivity contribution in [1.82, 2.24) is 14.8 Å². The standard InChI is InChI=1S/C18H16ClN5O2S/c1-24-11-20-23-18(24)27-10-16(25)22-15-5-3-2-4-14(15)17(26)21-13-8-6-12(19)7-9-13/h2-9,11H,10H2,1H3,(H,21,26)(H,22,25). The number of amides is 2. The van der Waals surface area contributed by atoms with E-state index in [1.807, 2.05) is 0 Å². The molecule has 0 aliphatic heterocycles. The Morgan fingerprint density at radius 2 is 1.85 bits per heavy atom. The second kappa shape index (κ2) is 8.70. The van der Waals surface area contributed by atoms with E-state index < -0.39 is 0 Å². The van der Waals surface area contributed by atoms with E-state index in [1.165, 1.54) is 11.8 Å². The van der Waals surface area contributed by atoms with Crippen molar-refractivity contribution >= 4 is 46.6 Å². The highest BCUT2D eigenvalue weighted by atomic mass is 35.5. The van der Waals surface area contributed by atoms with Gasteiger partial charge >= 0.3 is 0 Å². The van der Waals surface area contributed by atoms with Crippen LogP contribution in [-0.4, -0.2) is 32.3 Å². The number of hydrogen-bond donors (Lipinski definition) is 2. The molecule has 2 N–H and O–H groups in total. The molecule has 0 atom stereocenters. The molecule has 0 saturated carbocycles. The van der Waals surface area contributed by atoms with Gasteiger partial charge in [0.15, 0.2) is 5.16 Å². The number of anilines is 2. The molecule has 1 heterocycles. The molecule has 0 unspecified atom stereocenters. The smallest absolute Gasteiger partial charge is 0.257 e. The number of aryl methyl sites for hydroxylation is 1. The molecule has 0 aliphatic carbocycles. The van der Waals surface area contributed by atoms with Gasteiger partial charge in [0.1, 0.15) is 6.33 Å². The molecule has 27 heavy (non-hydrogen) atoms. The fourth-order valence-corrected chi connectivity index (χ4v) is 3.06. The largest absolute Gasteiger partial charge is 0.325 e. The minimum absolute atomic E-state index is 0.152. The van der Waals surface area contributed by atoms with Crippen molar-refractivity contribution in [1.29, 1.82) is 0 Å². The molecule has 2 aromatic carbocycles. The Kier molecular flexibility index (Phi) is 6.10. The number of para-hydroxylation sites is 1. The van der Waals surface area contributed by atoms with Crippen LogP contribution in [0.15, 0.2) is 60.0 Å². The summed E-state index contributed by atoms with van der Waals surface area (Å²) < 4.78 is 1.73. The summed E-state index contributed by atoms with van der Waals surface area (Å²) in [6.45, 7) is 0. The lowest BCUT2D eigenvalue weighted by Crippen LogP contribution is -2.19. The highest BCUT2D eigenvalue weighted by Gasteiger charge is 2.14. The van der Waals surface area contributed by atoms with E-state index in [2.05, 4.69) is 20.8 Å². The van der Waals surface area contributed by atoms with Gasteiger partial charge in [-0.3, -0.25) is 9.59 Å². The van der Waals surface area contributed by atoms with Crippen molar-refractivity contribution < 1.29 is 9.59 Å². The molecule has 7 nitrogen and oxygen atoms in total. The molecular formula is C18H16ClN5O2S. The Balaban J connectivity index is 1.66. The number of nitrogens with zero attached hydrogens (tertiary/aromatic N) is 3. The Labute approximate surface area is 165 Å². The van der Waals surface area contributed by atoms with Gasteiger partial charge in [-0.25, -0.2) is 0 Å². The van der Waals surface area contributed by atoms with Crippen LogP contribution in [0.1, 0.15) is 10.4 Å². The number of halogens is 1. The van der Waals surface area contributed by atoms with Gasteiger partial charge in [-0.15, -0.1) is 10.2 Å². The molecule has 0 saturated heterocycles. The molecule has 9 heteroatoms. The van der Waals surface area contributed by atoms with Crippen LogP contribution in [0.3, 0.4) is 0 Å². The monoisotopic (exact) mass is 401 g/mol. The first-order valence-corrected chi connectivity index (χ1v) is 9.32. The summed E-state index contributed by atoms with van der Waals surface area (Å²) in [4.78, 5) is 24.8. The molecule has 138 valence electrons. The van der Waals surface area contributed by atoms with Gasteiger partial charge < -0.3 is 15.2 Å². The van der Waals surface area contributed by atoms with Gasteiger partial charge in [0.2, 0.25) is 5.91 Å². The highest BCUT2D eigenvalue weighted by molar-refractivity contribution is 7.99. The summed E-state index contributed by atoms with van der Waals surface area (Å²) in [7, 11) is 1.80. The second-order valence-corrected chi connectivity index (χ2v) is 6.95. The molecule has 0 radical (unpaired) electrons. The summed E-state index contributed by atoms with van der Waals surface area (Å²) in [5, 5.41) is 14.5. The fourth-order valence-electron chi connectivity index (χ4n) is 2.24. The van der Waals surface area contributed by atoms with Crippen molar-refractivity contribution in [3.63, 3.8) is 0 Å². The Hall–Kier alpha value is -2.84. The van der Waals surface area contributed by atoms with Crippen LogP contribution in [0.4, 0.5) is 11.4 Å². The third-order valence-corrected chi connectivity index (χ3v) is 4.84. The van der Waals surface area contributed by atoms with E-state index in [0.29, 0.717) is 27.1 Å². The molecule has 0 aliphatic rings. The Bertz CT molecular complexity index is 958. The van der Waals surface area contributed by atoms with E-state index in [9.17, 15) is 9.59 Å². The zero-order valence-corrected chi connectivity index (χ0v) is 15.9. The van der Waals surface area contributed by atoms with E-state index in [4.69, 9.17) is 11.6 Å². The molecule has 2 amide bonds. The Morgan fingerprint density at radius 3 is 2.56 bits per heavy atom. The summed E-state index contributed by atoms with van der Waals surface area (Å²) in [5.41, 5.74) is 1.42. The minimum Gasteiger partial charge on any atom is -0.325 e. The second-order valence-electron chi connectivity index (χ2n) is 5.57. The average molecular weight is 402 g/mol. The van der Waals surface area contributed by atoms with Gasteiger partial charge in [0.05, 0.1) is 17.0 Å². The molecule has 0 bridgehead atoms. The van der Waals surface area contributed by atoms with Crippen LogP contribution in [-0.2, 0) is 11.8 Å². The maximum Gasteiger partial charge on any atom is 0.257 e. The number of benzene rings is 2. The number of carbonyl (C=O) groups is 2. The predicted octanol–water partition coefficient (Wildman–Crippen LogP) is 3.45. The third-order valence-electron chi connectivity index (χ3n) is 3.55. The number of nitrogens with one attached hydrogen (secondary N) is 2. The van der Waals surface area contributed by atoms with Crippen LogP contribution in [0, 0.1) is 0 Å². The van der Waals surface area contributed by atoms with Crippen LogP contribution >= 0.6 is 23.4 Å². The SMILES string of the molecule is Cn1cnnc1SCC(=O)Nc1ccccc1C(=O)Nc1ccc(Cl)cc1. The van der Waals surface area contributed by atoms with Gasteiger partial charge in [-0.1, -0.05) is 35.5 Å². The Morgan fingerprint density at radius 1 is 1.11 bits per heavy atom. The van der Waals surface area contributed by atoms with E-state index >= 15 is 0 Å². The summed E-state index contributed by atoms with van der Waals surface area (Å²) >= 11 is 7.12. The van der Waals surface area contributed by atoms with Crippen LogP contribution in [0.5, 0.6) is 0 Å². The normalized spacial score (nSPS) is 10.4. The first-order chi connectivity index (χ1) is 13.0. The molecule has 0 fully saturated rings. The fraction of sp³-hybridized carbons (Fsp3) is 0.111. The lowest BCUT2D eigenvalue weighted by Gasteiger charge is -2.11. The molecule has 3 rings (SSSR count). The van der Waals surface area contributed by atoms with Crippen LogP contribution in [0.25, 0.3) is 0 Å². The van der Waals surface area contributed by atoms with E-state index in [0.717, 1.165) is 0 Å². The van der Waals surface area contributed by atoms with Crippen molar-refractivity contribution in [2.24, 2.45) is 7.05 Å². The van der Waals surface area contributed by atoms with Crippen LogP contribution in [0.2, 0.25) is 5.02 Å². The number of carbonyl (C=O) groups excluding carboxylic acids is 2. The number of thioether (sulfide) groups is 1. The van der Waals surface area contributed by atoms with E-state index in [1.54, 1.807) is 66.5 Å². The highest BCUT2D eigenvalue weighted by Crippen LogP contribution is 2.20. The van der Waals surface area contributed by atoms with Gasteiger partial charge in [0, 0.05) is 17.8 Å². The maximum absolute atomic E-state index is 12.6. The van der Waals surface area contributed by atoms with Gasteiger partial charge in [-0.05, 0) is 36.4 Å². The molecular weight excluding hydrogens is 386 g/mol. The zero-order chi connectivity index (χ0) is 19.2. The van der Waals surface area contributed by atoms with Crippen molar-refractivity contribution in [2.75, 3.05) is 16.4 Å². The lowest BCUT2D eigenvalue weighted by atomic mass is 10.1.